The molecule has 0 atom stereocenters. The molecule has 0 spiro atoms. The summed E-state index contributed by atoms with van der Waals surface area (Å²) in [5.74, 6) is 0. The molecule has 0 saturated heterocycles. The third kappa shape index (κ3) is 2.02. The first-order valence-electron chi connectivity index (χ1n) is 6.04. The van der Waals surface area contributed by atoms with Gasteiger partial charge in [0.05, 0.1) is 0 Å². The first-order valence-corrected chi connectivity index (χ1v) is 6.42. The van der Waals surface area contributed by atoms with Crippen LogP contribution < -0.4 is 0 Å². The number of benzene rings is 2. The van der Waals surface area contributed by atoms with Crippen molar-refractivity contribution in [3.63, 3.8) is 0 Å². The van der Waals surface area contributed by atoms with Gasteiger partial charge in [0.1, 0.15) is 0 Å². The Labute approximate surface area is 111 Å². The van der Waals surface area contributed by atoms with E-state index in [1.165, 1.54) is 27.6 Å². The summed E-state index contributed by atoms with van der Waals surface area (Å²) < 4.78 is 0. The van der Waals surface area contributed by atoms with Gasteiger partial charge in [-0.3, -0.25) is 0 Å². The van der Waals surface area contributed by atoms with Gasteiger partial charge >= 0.3 is 0 Å². The van der Waals surface area contributed by atoms with E-state index in [0.29, 0.717) is 0 Å². The van der Waals surface area contributed by atoms with Crippen LogP contribution in [0.4, 0.5) is 0 Å². The zero-order valence-electron chi connectivity index (χ0n) is 10.2. The van der Waals surface area contributed by atoms with Crippen molar-refractivity contribution in [2.24, 2.45) is 0 Å². The monoisotopic (exact) mass is 255 g/mol. The van der Waals surface area contributed by atoms with E-state index in [1.807, 2.05) is 18.2 Å². The minimum Gasteiger partial charge on any atom is -0.361 e. The highest BCUT2D eigenvalue weighted by molar-refractivity contribution is 6.31. The Morgan fingerprint density at radius 2 is 1.89 bits per heavy atom. The quantitative estimate of drug-likeness (QED) is 0.682. The standard InChI is InChI=1S/C16H14ClN/c1-11-6-7-16-14(8-11)13(10-18-16)9-12-4-2-3-5-15(12)17/h2-8,10,18H,9H2,1H3. The summed E-state index contributed by atoms with van der Waals surface area (Å²) >= 11 is 6.21. The Morgan fingerprint density at radius 3 is 2.72 bits per heavy atom. The van der Waals surface area contributed by atoms with Crippen LogP contribution in [0.25, 0.3) is 10.9 Å². The van der Waals surface area contributed by atoms with Crippen LogP contribution in [-0.4, -0.2) is 4.98 Å². The maximum atomic E-state index is 6.21. The van der Waals surface area contributed by atoms with Gasteiger partial charge in [0.25, 0.3) is 0 Å². The van der Waals surface area contributed by atoms with Crippen molar-refractivity contribution in [2.75, 3.05) is 0 Å². The van der Waals surface area contributed by atoms with E-state index in [1.54, 1.807) is 0 Å². The number of aryl methyl sites for hydroxylation is 1. The number of H-pyrrole nitrogens is 1. The topological polar surface area (TPSA) is 15.8 Å². The first-order chi connectivity index (χ1) is 8.74. The molecule has 2 heteroatoms. The van der Waals surface area contributed by atoms with E-state index in [-0.39, 0.29) is 0 Å². The van der Waals surface area contributed by atoms with Crippen LogP contribution in [0.1, 0.15) is 16.7 Å². The smallest absolute Gasteiger partial charge is 0.0457 e. The molecule has 3 aromatic rings. The van der Waals surface area contributed by atoms with Crippen LogP contribution in [0.3, 0.4) is 0 Å². The summed E-state index contributed by atoms with van der Waals surface area (Å²) in [6, 6.07) is 14.5. The van der Waals surface area contributed by atoms with Gasteiger partial charge in [-0.25, -0.2) is 0 Å². The van der Waals surface area contributed by atoms with Crippen molar-refractivity contribution >= 4 is 22.5 Å². The zero-order valence-corrected chi connectivity index (χ0v) is 11.0. The van der Waals surface area contributed by atoms with Gasteiger partial charge in [-0.2, -0.15) is 0 Å². The van der Waals surface area contributed by atoms with Gasteiger partial charge in [-0.05, 0) is 36.2 Å². The molecule has 2 aromatic carbocycles. The maximum absolute atomic E-state index is 6.21. The van der Waals surface area contributed by atoms with Crippen molar-refractivity contribution in [2.45, 2.75) is 13.3 Å². The average Bonchev–Trinajstić information content (AvgIpc) is 2.75. The van der Waals surface area contributed by atoms with Gasteiger partial charge in [-0.15, -0.1) is 0 Å². The molecule has 0 aliphatic rings. The van der Waals surface area contributed by atoms with E-state index in [4.69, 9.17) is 11.6 Å². The summed E-state index contributed by atoms with van der Waals surface area (Å²) in [6.07, 6.45) is 2.94. The number of rotatable bonds is 2. The highest BCUT2D eigenvalue weighted by atomic mass is 35.5. The molecule has 1 N–H and O–H groups in total. The lowest BCUT2D eigenvalue weighted by atomic mass is 10.0. The fraction of sp³-hybridized carbons (Fsp3) is 0.125. The SMILES string of the molecule is Cc1ccc2[nH]cc(Cc3ccccc3Cl)c2c1. The second kappa shape index (κ2) is 4.51. The second-order valence-corrected chi connectivity index (χ2v) is 5.04. The van der Waals surface area contributed by atoms with Crippen LogP contribution in [0, 0.1) is 6.92 Å². The minimum atomic E-state index is 0.833. The Kier molecular flexibility index (Phi) is 2.85. The van der Waals surface area contributed by atoms with Crippen molar-refractivity contribution in [3.8, 4) is 0 Å². The molecule has 3 rings (SSSR count). The Bertz CT molecular complexity index is 697. The maximum Gasteiger partial charge on any atom is 0.0457 e. The number of hydrogen-bond donors (Lipinski definition) is 1. The molecular formula is C16H14ClN. The van der Waals surface area contributed by atoms with Gasteiger partial charge < -0.3 is 4.98 Å². The van der Waals surface area contributed by atoms with E-state index >= 15 is 0 Å². The molecule has 0 aliphatic heterocycles. The van der Waals surface area contributed by atoms with Crippen LogP contribution in [0.5, 0.6) is 0 Å². The minimum absolute atomic E-state index is 0.833. The zero-order chi connectivity index (χ0) is 12.5. The largest absolute Gasteiger partial charge is 0.361 e. The lowest BCUT2D eigenvalue weighted by Crippen LogP contribution is -1.87. The second-order valence-electron chi connectivity index (χ2n) is 4.63. The number of fused-ring (bicyclic) bond motifs is 1. The predicted octanol–water partition coefficient (Wildman–Crippen LogP) is 4.72. The van der Waals surface area contributed by atoms with E-state index in [0.717, 1.165) is 11.4 Å². The molecule has 0 aliphatic carbocycles. The highest BCUT2D eigenvalue weighted by Gasteiger charge is 2.06. The third-order valence-electron chi connectivity index (χ3n) is 3.26. The molecule has 0 saturated carbocycles. The molecule has 0 unspecified atom stereocenters. The number of aromatic amines is 1. The van der Waals surface area contributed by atoms with E-state index in [9.17, 15) is 0 Å². The lowest BCUT2D eigenvalue weighted by Gasteiger charge is -2.03. The fourth-order valence-corrected chi connectivity index (χ4v) is 2.49. The molecule has 90 valence electrons. The van der Waals surface area contributed by atoms with Gasteiger partial charge in [0.2, 0.25) is 0 Å². The number of hydrogen-bond acceptors (Lipinski definition) is 0. The molecule has 18 heavy (non-hydrogen) atoms. The highest BCUT2D eigenvalue weighted by Crippen LogP contribution is 2.25. The fourth-order valence-electron chi connectivity index (χ4n) is 2.29. The van der Waals surface area contributed by atoms with E-state index < -0.39 is 0 Å². The summed E-state index contributed by atoms with van der Waals surface area (Å²) in [5, 5.41) is 2.12. The van der Waals surface area contributed by atoms with E-state index in [2.05, 4.69) is 42.4 Å². The van der Waals surface area contributed by atoms with Crippen LogP contribution in [0.2, 0.25) is 5.02 Å². The molecule has 0 bridgehead atoms. The van der Waals surface area contributed by atoms with Gasteiger partial charge in [-0.1, -0.05) is 41.4 Å². The predicted molar refractivity (Wildman–Crippen MR) is 77.3 cm³/mol. The molecule has 1 nitrogen and oxygen atoms in total. The van der Waals surface area contributed by atoms with Crippen LogP contribution in [0.15, 0.2) is 48.7 Å². The Hall–Kier alpha value is -1.73. The summed E-state index contributed by atoms with van der Waals surface area (Å²) in [6.45, 7) is 2.12. The van der Waals surface area contributed by atoms with Crippen molar-refractivity contribution < 1.29 is 0 Å². The summed E-state index contributed by atoms with van der Waals surface area (Å²) in [5.41, 5.74) is 4.92. The third-order valence-corrected chi connectivity index (χ3v) is 3.63. The van der Waals surface area contributed by atoms with Crippen molar-refractivity contribution in [1.82, 2.24) is 4.98 Å². The molecule has 0 radical (unpaired) electrons. The van der Waals surface area contributed by atoms with Crippen LogP contribution in [-0.2, 0) is 6.42 Å². The normalized spacial score (nSPS) is 11.0. The van der Waals surface area contributed by atoms with Crippen LogP contribution >= 0.6 is 11.6 Å². The number of aromatic nitrogens is 1. The van der Waals surface area contributed by atoms with Crippen molar-refractivity contribution in [1.29, 1.82) is 0 Å². The lowest BCUT2D eigenvalue weighted by molar-refractivity contribution is 1.21. The summed E-state index contributed by atoms with van der Waals surface area (Å²) in [4.78, 5) is 3.31. The molecular weight excluding hydrogens is 242 g/mol. The average molecular weight is 256 g/mol. The van der Waals surface area contributed by atoms with Crippen molar-refractivity contribution in [3.05, 3.63) is 70.4 Å². The van der Waals surface area contributed by atoms with Gasteiger partial charge in [0.15, 0.2) is 0 Å². The molecule has 0 amide bonds. The first kappa shape index (κ1) is 11.4. The Balaban J connectivity index is 2.05. The van der Waals surface area contributed by atoms with Gasteiger partial charge in [0, 0.05) is 28.5 Å². The molecule has 0 fully saturated rings. The Morgan fingerprint density at radius 1 is 1.06 bits per heavy atom. The number of nitrogens with one attached hydrogen (secondary N) is 1. The number of halogens is 1. The molecule has 1 heterocycles. The molecule has 1 aromatic heterocycles. The summed E-state index contributed by atoms with van der Waals surface area (Å²) in [7, 11) is 0.